The summed E-state index contributed by atoms with van der Waals surface area (Å²) < 4.78 is 5.76. The molecule has 0 aromatic heterocycles. The minimum Gasteiger partial charge on any atom is -0.388 e. The molecule has 2 saturated heterocycles. The normalized spacial score (nSPS) is 40.2. The van der Waals surface area contributed by atoms with E-state index in [-0.39, 0.29) is 11.9 Å². The molecule has 0 aliphatic carbocycles. The van der Waals surface area contributed by atoms with Gasteiger partial charge in [-0.25, -0.2) is 0 Å². The highest BCUT2D eigenvalue weighted by atomic mass is 35.5. The lowest BCUT2D eigenvalue weighted by atomic mass is 9.92. The maximum atomic E-state index is 12.7. The van der Waals surface area contributed by atoms with Gasteiger partial charge in [-0.2, -0.15) is 0 Å². The number of alkyl halides is 1. The smallest absolute Gasteiger partial charge is 0.237 e. The molecule has 5 N–H and O–H groups in total. The summed E-state index contributed by atoms with van der Waals surface area (Å²) in [6, 6.07) is -0.986. The lowest BCUT2D eigenvalue weighted by Crippen LogP contribution is -2.65. The Kier molecular flexibility index (Phi) is 8.46. The summed E-state index contributed by atoms with van der Waals surface area (Å²) in [4.78, 5) is 12.7. The van der Waals surface area contributed by atoms with Crippen molar-refractivity contribution in [2.45, 2.75) is 80.4 Å². The van der Waals surface area contributed by atoms with Gasteiger partial charge in [-0.05, 0) is 38.5 Å². The van der Waals surface area contributed by atoms with E-state index in [2.05, 4.69) is 17.6 Å². The van der Waals surface area contributed by atoms with Crippen molar-refractivity contribution in [3.63, 3.8) is 0 Å². The highest BCUT2D eigenvalue weighted by Crippen LogP contribution is 2.30. The fraction of sp³-hybridized carbons (Fsp3) is 0.941. The van der Waals surface area contributed by atoms with Crippen molar-refractivity contribution >= 4 is 29.3 Å². The molecule has 2 heterocycles. The van der Waals surface area contributed by atoms with Crippen molar-refractivity contribution < 1.29 is 24.9 Å². The fourth-order valence-corrected chi connectivity index (χ4v) is 4.61. The van der Waals surface area contributed by atoms with E-state index in [4.69, 9.17) is 16.3 Å². The zero-order chi connectivity index (χ0) is 19.4. The van der Waals surface area contributed by atoms with Crippen molar-refractivity contribution in [1.82, 2.24) is 10.6 Å². The Balaban J connectivity index is 2.05. The Morgan fingerprint density at radius 2 is 2.04 bits per heavy atom. The molecular formula is C17H31ClN2O5S. The third kappa shape index (κ3) is 5.04. The number of hydrogen-bond acceptors (Lipinski definition) is 7. The zero-order valence-corrected chi connectivity index (χ0v) is 17.0. The van der Waals surface area contributed by atoms with Crippen LogP contribution in [0.1, 0.15) is 33.1 Å². The van der Waals surface area contributed by atoms with Gasteiger partial charge in [0.05, 0.1) is 17.5 Å². The molecule has 9 heteroatoms. The molecule has 7 nitrogen and oxygen atoms in total. The minimum atomic E-state index is -1.36. The standard InChI is InChI=1S/C17H31ClN2O5S/c1-4-5-9-6-10(19-7-9)16(24)20-11(8(2)18)15-13(22)12(21)14(23)17(25-15)26-3/h8-15,17,19,21-23H,4-7H2,1-3H3,(H,20,24)/t8-,9+,10-,11+,12+,13-,14+,15+,17-/m0/s1. The molecular weight excluding hydrogens is 380 g/mol. The van der Waals surface area contributed by atoms with Crippen LogP contribution in [0.5, 0.6) is 0 Å². The largest absolute Gasteiger partial charge is 0.388 e. The lowest BCUT2D eigenvalue weighted by molar-refractivity contribution is -0.205. The van der Waals surface area contributed by atoms with Gasteiger partial charge >= 0.3 is 0 Å². The van der Waals surface area contributed by atoms with E-state index in [1.54, 1.807) is 13.2 Å². The van der Waals surface area contributed by atoms with Gasteiger partial charge in [-0.1, -0.05) is 13.3 Å². The van der Waals surface area contributed by atoms with Crippen LogP contribution in [-0.2, 0) is 9.53 Å². The minimum absolute atomic E-state index is 0.182. The molecule has 0 saturated carbocycles. The van der Waals surface area contributed by atoms with Crippen LogP contribution in [-0.4, -0.2) is 81.3 Å². The van der Waals surface area contributed by atoms with Gasteiger partial charge in [0.1, 0.15) is 29.9 Å². The number of halogens is 1. The Bertz CT molecular complexity index is 470. The van der Waals surface area contributed by atoms with Crippen molar-refractivity contribution in [3.05, 3.63) is 0 Å². The summed E-state index contributed by atoms with van der Waals surface area (Å²) in [7, 11) is 0. The Labute approximate surface area is 164 Å². The third-order valence-corrected chi connectivity index (χ3v) is 6.36. The second-order valence-corrected chi connectivity index (χ2v) is 8.86. The van der Waals surface area contributed by atoms with E-state index in [0.717, 1.165) is 25.8 Å². The van der Waals surface area contributed by atoms with Crippen LogP contribution in [0.25, 0.3) is 0 Å². The number of hydrogen-bond donors (Lipinski definition) is 5. The average Bonchev–Trinajstić information content (AvgIpc) is 3.07. The van der Waals surface area contributed by atoms with E-state index < -0.39 is 41.3 Å². The van der Waals surface area contributed by atoms with Crippen LogP contribution < -0.4 is 10.6 Å². The molecule has 2 rings (SSSR count). The average molecular weight is 411 g/mol. The number of ether oxygens (including phenoxy) is 1. The predicted octanol–water partition coefficient (Wildman–Crippen LogP) is 0.0473. The van der Waals surface area contributed by atoms with Gasteiger partial charge < -0.3 is 30.7 Å². The summed E-state index contributed by atoms with van der Waals surface area (Å²) in [5.41, 5.74) is -0.702. The molecule has 152 valence electrons. The fourth-order valence-electron chi connectivity index (χ4n) is 3.73. The molecule has 26 heavy (non-hydrogen) atoms. The van der Waals surface area contributed by atoms with Crippen molar-refractivity contribution in [2.75, 3.05) is 12.8 Å². The highest BCUT2D eigenvalue weighted by molar-refractivity contribution is 7.99. The molecule has 0 unspecified atom stereocenters. The Morgan fingerprint density at radius 1 is 1.35 bits per heavy atom. The maximum absolute atomic E-state index is 12.7. The summed E-state index contributed by atoms with van der Waals surface area (Å²) >= 11 is 7.50. The monoisotopic (exact) mass is 410 g/mol. The number of thioether (sulfide) groups is 1. The number of amides is 1. The maximum Gasteiger partial charge on any atom is 0.237 e. The summed E-state index contributed by atoms with van der Waals surface area (Å²) in [6.07, 6.45) is -0.144. The molecule has 2 aliphatic heterocycles. The Hall–Kier alpha value is -0.0900. The van der Waals surface area contributed by atoms with E-state index >= 15 is 0 Å². The van der Waals surface area contributed by atoms with Gasteiger partial charge in [0.25, 0.3) is 0 Å². The number of aliphatic hydroxyl groups excluding tert-OH is 3. The van der Waals surface area contributed by atoms with E-state index in [1.807, 2.05) is 0 Å². The van der Waals surface area contributed by atoms with Gasteiger partial charge in [-0.3, -0.25) is 4.79 Å². The molecule has 1 amide bonds. The van der Waals surface area contributed by atoms with E-state index in [9.17, 15) is 20.1 Å². The van der Waals surface area contributed by atoms with E-state index in [1.165, 1.54) is 11.8 Å². The first-order chi connectivity index (χ1) is 12.3. The summed E-state index contributed by atoms with van der Waals surface area (Å²) in [5, 5.41) is 36.1. The summed E-state index contributed by atoms with van der Waals surface area (Å²) in [6.45, 7) is 4.65. The number of rotatable bonds is 7. The van der Waals surface area contributed by atoms with Crippen molar-refractivity contribution in [2.24, 2.45) is 5.92 Å². The summed E-state index contributed by atoms with van der Waals surface area (Å²) in [5.74, 6) is 0.301. The van der Waals surface area contributed by atoms with E-state index in [0.29, 0.717) is 5.92 Å². The van der Waals surface area contributed by atoms with Crippen LogP contribution in [0, 0.1) is 5.92 Å². The predicted molar refractivity (Wildman–Crippen MR) is 102 cm³/mol. The number of nitrogens with one attached hydrogen (secondary N) is 2. The first kappa shape index (κ1) is 22.2. The molecule has 0 bridgehead atoms. The quantitative estimate of drug-likeness (QED) is 0.377. The van der Waals surface area contributed by atoms with Gasteiger partial charge in [0.2, 0.25) is 5.91 Å². The van der Waals surface area contributed by atoms with Crippen LogP contribution in [0.15, 0.2) is 0 Å². The second kappa shape index (κ2) is 9.91. The van der Waals surface area contributed by atoms with Gasteiger partial charge in [0.15, 0.2) is 0 Å². The number of carbonyl (C=O) groups is 1. The highest BCUT2D eigenvalue weighted by Gasteiger charge is 2.48. The molecule has 9 atom stereocenters. The number of carbonyl (C=O) groups excluding carboxylic acids is 1. The second-order valence-electron chi connectivity index (χ2n) is 7.24. The number of aliphatic hydroxyl groups is 3. The lowest BCUT2D eigenvalue weighted by Gasteiger charge is -2.44. The van der Waals surface area contributed by atoms with Crippen LogP contribution in [0.3, 0.4) is 0 Å². The zero-order valence-electron chi connectivity index (χ0n) is 15.5. The molecule has 2 fully saturated rings. The van der Waals surface area contributed by atoms with Gasteiger partial charge in [0, 0.05) is 0 Å². The molecule has 0 aromatic rings. The van der Waals surface area contributed by atoms with Crippen molar-refractivity contribution in [1.29, 1.82) is 0 Å². The molecule has 0 aromatic carbocycles. The topological polar surface area (TPSA) is 111 Å². The van der Waals surface area contributed by atoms with Gasteiger partial charge in [-0.15, -0.1) is 23.4 Å². The van der Waals surface area contributed by atoms with Crippen LogP contribution >= 0.6 is 23.4 Å². The third-order valence-electron chi connectivity index (χ3n) is 5.23. The molecule has 0 spiro atoms. The first-order valence-electron chi connectivity index (χ1n) is 9.20. The van der Waals surface area contributed by atoms with Crippen LogP contribution in [0.4, 0.5) is 0 Å². The Morgan fingerprint density at radius 3 is 2.62 bits per heavy atom. The first-order valence-corrected chi connectivity index (χ1v) is 10.9. The van der Waals surface area contributed by atoms with Crippen LogP contribution in [0.2, 0.25) is 0 Å². The molecule has 2 aliphatic rings. The SMILES string of the molecule is CCC[C@H]1CN[C@H](C(=O)N[C@@H]([C@H]2O[C@@H](SC)[C@H](O)[C@H](O)[C@@H]2O)[C@H](C)Cl)C1. The molecule has 0 radical (unpaired) electrons. The van der Waals surface area contributed by atoms with Crippen molar-refractivity contribution in [3.8, 4) is 0 Å².